The fourth-order valence-corrected chi connectivity index (χ4v) is 5.49. The zero-order valence-corrected chi connectivity index (χ0v) is 22.0. The molecule has 0 saturated carbocycles. The van der Waals surface area contributed by atoms with Gasteiger partial charge in [0.15, 0.2) is 0 Å². The van der Waals surface area contributed by atoms with Gasteiger partial charge in [-0.1, -0.05) is 30.3 Å². The molecular weight excluding hydrogens is 518 g/mol. The first-order chi connectivity index (χ1) is 18.1. The molecule has 0 radical (unpaired) electrons. The Labute approximate surface area is 221 Å². The Kier molecular flexibility index (Phi) is 9.91. The standard InChI is InChI=1S/C25H31N3O9S/c1-35-19-8-10-21(36-2)22(16-19)38(33,34)28-14-12-27(13-15-28)23(29)11-9-20(24(30)31)26-25(32)37-17-18-6-4-3-5-7-18/h3-8,10,16,20H,9,11-15,17H2,1-2H3,(H,26,32)(H,30,31)/t20-/m0/s1. The molecule has 1 fully saturated rings. The van der Waals surface area contributed by atoms with Gasteiger partial charge in [0.05, 0.1) is 14.2 Å². The Morgan fingerprint density at radius 1 is 1.00 bits per heavy atom. The van der Waals surface area contributed by atoms with Crippen molar-refractivity contribution in [2.75, 3.05) is 40.4 Å². The molecule has 1 saturated heterocycles. The van der Waals surface area contributed by atoms with E-state index in [1.165, 1.54) is 35.6 Å². The second-order valence-corrected chi connectivity index (χ2v) is 10.3. The fourth-order valence-electron chi connectivity index (χ4n) is 3.89. The van der Waals surface area contributed by atoms with Crippen LogP contribution in [0.5, 0.6) is 11.5 Å². The third kappa shape index (κ3) is 7.35. The van der Waals surface area contributed by atoms with E-state index in [2.05, 4.69) is 5.32 Å². The summed E-state index contributed by atoms with van der Waals surface area (Å²) in [5, 5.41) is 11.7. The van der Waals surface area contributed by atoms with Crippen LogP contribution < -0.4 is 14.8 Å². The number of methoxy groups -OCH3 is 2. The molecule has 1 aliphatic rings. The van der Waals surface area contributed by atoms with Gasteiger partial charge >= 0.3 is 12.1 Å². The maximum absolute atomic E-state index is 13.2. The van der Waals surface area contributed by atoms with Crippen LogP contribution in [0, 0.1) is 0 Å². The Balaban J connectivity index is 1.51. The number of amides is 2. The molecule has 2 N–H and O–H groups in total. The van der Waals surface area contributed by atoms with Crippen molar-refractivity contribution in [2.24, 2.45) is 0 Å². The molecule has 38 heavy (non-hydrogen) atoms. The summed E-state index contributed by atoms with van der Waals surface area (Å²) in [5.74, 6) is -1.09. The highest BCUT2D eigenvalue weighted by Gasteiger charge is 2.33. The molecule has 2 aromatic rings. The Bertz CT molecular complexity index is 1230. The van der Waals surface area contributed by atoms with E-state index in [4.69, 9.17) is 14.2 Å². The van der Waals surface area contributed by atoms with Gasteiger partial charge in [0.2, 0.25) is 15.9 Å². The molecule has 2 aromatic carbocycles. The predicted octanol–water partition coefficient (Wildman–Crippen LogP) is 1.70. The van der Waals surface area contributed by atoms with Gasteiger partial charge in [-0.25, -0.2) is 18.0 Å². The van der Waals surface area contributed by atoms with Crippen LogP contribution in [0.4, 0.5) is 4.79 Å². The highest BCUT2D eigenvalue weighted by Crippen LogP contribution is 2.31. The lowest BCUT2D eigenvalue weighted by Crippen LogP contribution is -2.51. The number of rotatable bonds is 11. The van der Waals surface area contributed by atoms with E-state index < -0.39 is 28.1 Å². The third-order valence-electron chi connectivity index (χ3n) is 6.03. The lowest BCUT2D eigenvalue weighted by atomic mass is 10.1. The quantitative estimate of drug-likeness (QED) is 0.427. The average Bonchev–Trinajstić information content (AvgIpc) is 2.94. The van der Waals surface area contributed by atoms with Crippen molar-refractivity contribution in [1.29, 1.82) is 0 Å². The fraction of sp³-hybridized carbons (Fsp3) is 0.400. The summed E-state index contributed by atoms with van der Waals surface area (Å²) < 4.78 is 43.1. The van der Waals surface area contributed by atoms with Gasteiger partial charge in [0, 0.05) is 38.7 Å². The molecular formula is C25H31N3O9S. The van der Waals surface area contributed by atoms with Gasteiger partial charge in [-0.15, -0.1) is 0 Å². The van der Waals surface area contributed by atoms with Crippen LogP contribution in [0.15, 0.2) is 53.4 Å². The molecule has 206 valence electrons. The van der Waals surface area contributed by atoms with Crippen molar-refractivity contribution in [1.82, 2.24) is 14.5 Å². The number of carbonyl (C=O) groups is 3. The number of alkyl carbamates (subject to hydrolysis) is 1. The number of carbonyl (C=O) groups excluding carboxylic acids is 2. The summed E-state index contributed by atoms with van der Waals surface area (Å²) in [6.45, 7) is 0.359. The Hall–Kier alpha value is -3.84. The van der Waals surface area contributed by atoms with E-state index in [0.717, 1.165) is 5.56 Å². The molecule has 0 spiro atoms. The minimum atomic E-state index is -3.91. The maximum Gasteiger partial charge on any atom is 0.408 e. The van der Waals surface area contributed by atoms with E-state index in [1.807, 2.05) is 6.07 Å². The number of benzene rings is 2. The predicted molar refractivity (Wildman–Crippen MR) is 135 cm³/mol. The lowest BCUT2D eigenvalue weighted by Gasteiger charge is -2.34. The van der Waals surface area contributed by atoms with E-state index in [9.17, 15) is 27.9 Å². The van der Waals surface area contributed by atoms with E-state index >= 15 is 0 Å². The first kappa shape index (κ1) is 28.7. The third-order valence-corrected chi connectivity index (χ3v) is 7.95. The number of piperazine rings is 1. The first-order valence-electron chi connectivity index (χ1n) is 11.9. The Morgan fingerprint density at radius 2 is 1.68 bits per heavy atom. The molecule has 12 nitrogen and oxygen atoms in total. The number of hydrogen-bond donors (Lipinski definition) is 2. The largest absolute Gasteiger partial charge is 0.497 e. The normalized spacial score (nSPS) is 14.8. The average molecular weight is 550 g/mol. The van der Waals surface area contributed by atoms with Crippen LogP contribution in [0.25, 0.3) is 0 Å². The Morgan fingerprint density at radius 3 is 2.29 bits per heavy atom. The molecule has 3 rings (SSSR count). The number of nitrogens with one attached hydrogen (secondary N) is 1. The second-order valence-electron chi connectivity index (χ2n) is 8.44. The van der Waals surface area contributed by atoms with Crippen LogP contribution in [0.1, 0.15) is 18.4 Å². The lowest BCUT2D eigenvalue weighted by molar-refractivity contribution is -0.140. The zero-order valence-electron chi connectivity index (χ0n) is 21.2. The zero-order chi connectivity index (χ0) is 27.7. The number of carboxylic acid groups (broad SMARTS) is 1. The number of carboxylic acids is 1. The molecule has 0 bridgehead atoms. The highest BCUT2D eigenvalue weighted by molar-refractivity contribution is 7.89. The minimum absolute atomic E-state index is 0.0211. The second kappa shape index (κ2) is 13.1. The number of nitrogens with zero attached hydrogens (tertiary/aromatic N) is 2. The van der Waals surface area contributed by atoms with Crippen molar-refractivity contribution in [3.63, 3.8) is 0 Å². The highest BCUT2D eigenvalue weighted by atomic mass is 32.2. The van der Waals surface area contributed by atoms with Crippen LogP contribution in [0.3, 0.4) is 0 Å². The van der Waals surface area contributed by atoms with E-state index in [-0.39, 0.29) is 62.2 Å². The number of ether oxygens (including phenoxy) is 3. The topological polar surface area (TPSA) is 152 Å². The molecule has 0 unspecified atom stereocenters. The summed E-state index contributed by atoms with van der Waals surface area (Å²) in [4.78, 5) is 37.8. The van der Waals surface area contributed by atoms with Crippen molar-refractivity contribution >= 4 is 28.0 Å². The summed E-state index contributed by atoms with van der Waals surface area (Å²) in [5.41, 5.74) is 0.746. The van der Waals surface area contributed by atoms with Gasteiger partial charge in [0.25, 0.3) is 0 Å². The molecule has 1 atom stereocenters. The number of aliphatic carboxylic acids is 1. The van der Waals surface area contributed by atoms with Crippen LogP contribution in [0.2, 0.25) is 0 Å². The number of sulfonamides is 1. The van der Waals surface area contributed by atoms with Gasteiger partial charge in [-0.05, 0) is 24.1 Å². The molecule has 1 aliphatic heterocycles. The van der Waals surface area contributed by atoms with E-state index in [1.54, 1.807) is 30.3 Å². The maximum atomic E-state index is 13.2. The minimum Gasteiger partial charge on any atom is -0.497 e. The molecule has 0 aromatic heterocycles. The van der Waals surface area contributed by atoms with Gasteiger partial charge < -0.3 is 29.5 Å². The molecule has 0 aliphatic carbocycles. The van der Waals surface area contributed by atoms with Crippen molar-refractivity contribution in [2.45, 2.75) is 30.4 Å². The monoisotopic (exact) mass is 549 g/mol. The molecule has 13 heteroatoms. The van der Waals surface area contributed by atoms with Gasteiger partial charge in [-0.3, -0.25) is 4.79 Å². The molecule has 2 amide bonds. The van der Waals surface area contributed by atoms with Gasteiger partial charge in [-0.2, -0.15) is 4.31 Å². The van der Waals surface area contributed by atoms with Crippen molar-refractivity contribution < 1.29 is 42.1 Å². The summed E-state index contributed by atoms with van der Waals surface area (Å²) in [6, 6.07) is 12.1. The van der Waals surface area contributed by atoms with Crippen LogP contribution >= 0.6 is 0 Å². The van der Waals surface area contributed by atoms with E-state index in [0.29, 0.717) is 5.75 Å². The van der Waals surface area contributed by atoms with Crippen molar-refractivity contribution in [3.8, 4) is 11.5 Å². The summed E-state index contributed by atoms with van der Waals surface area (Å²) in [6.07, 6.45) is -1.19. The first-order valence-corrected chi connectivity index (χ1v) is 13.3. The summed E-state index contributed by atoms with van der Waals surface area (Å²) >= 11 is 0. The smallest absolute Gasteiger partial charge is 0.408 e. The number of hydrogen-bond acceptors (Lipinski definition) is 8. The summed E-state index contributed by atoms with van der Waals surface area (Å²) in [7, 11) is -1.11. The van der Waals surface area contributed by atoms with Crippen LogP contribution in [-0.2, 0) is 31.0 Å². The SMILES string of the molecule is COc1ccc(OC)c(S(=O)(=O)N2CCN(C(=O)CC[C@H](NC(=O)OCc3ccccc3)C(=O)O)CC2)c1. The van der Waals surface area contributed by atoms with Crippen LogP contribution in [-0.4, -0.2) is 87.1 Å². The van der Waals surface area contributed by atoms with Crippen molar-refractivity contribution in [3.05, 3.63) is 54.1 Å². The molecule has 1 heterocycles. The van der Waals surface area contributed by atoms with Gasteiger partial charge in [0.1, 0.15) is 29.0 Å².